The number of nitrogens with zero attached hydrogens (tertiary/aromatic N) is 3. The van der Waals surface area contributed by atoms with E-state index in [1.165, 1.54) is 0 Å². The zero-order valence-electron chi connectivity index (χ0n) is 15.5. The average molecular weight is 364 g/mol. The summed E-state index contributed by atoms with van der Waals surface area (Å²) in [7, 11) is 0. The molecule has 1 atom stereocenters. The summed E-state index contributed by atoms with van der Waals surface area (Å²) in [5, 5.41) is 3.02. The normalized spacial score (nSPS) is 20.3. The van der Waals surface area contributed by atoms with Crippen molar-refractivity contribution < 1.29 is 9.59 Å². The Hall–Kier alpha value is -2.76. The van der Waals surface area contributed by atoms with Gasteiger partial charge in [-0.05, 0) is 43.5 Å². The van der Waals surface area contributed by atoms with Crippen molar-refractivity contribution in [2.75, 3.05) is 13.1 Å². The van der Waals surface area contributed by atoms with Crippen LogP contribution in [0.15, 0.2) is 42.9 Å². The second-order valence-corrected chi connectivity index (χ2v) is 7.74. The molecule has 6 heteroatoms. The highest BCUT2D eigenvalue weighted by Crippen LogP contribution is 2.52. The number of hydrogen-bond acceptors (Lipinski definition) is 4. The minimum absolute atomic E-state index is 0.0259. The summed E-state index contributed by atoms with van der Waals surface area (Å²) in [6.07, 6.45) is 8.20. The van der Waals surface area contributed by atoms with Crippen LogP contribution in [0.2, 0.25) is 0 Å². The number of hydrogen-bond donors (Lipinski definition) is 1. The number of nitrogens with one attached hydrogen (secondary N) is 1. The highest BCUT2D eigenvalue weighted by molar-refractivity contribution is 5.95. The van der Waals surface area contributed by atoms with Crippen LogP contribution in [0.4, 0.5) is 0 Å². The smallest absolute Gasteiger partial charge is 0.255 e. The maximum Gasteiger partial charge on any atom is 0.255 e. The molecule has 0 bridgehead atoms. The summed E-state index contributed by atoms with van der Waals surface area (Å²) in [5.74, 6) is -0.160. The molecule has 4 rings (SSSR count). The molecule has 27 heavy (non-hydrogen) atoms. The van der Waals surface area contributed by atoms with Gasteiger partial charge in [0.05, 0.1) is 23.7 Å². The van der Waals surface area contributed by atoms with Gasteiger partial charge in [-0.1, -0.05) is 12.5 Å². The van der Waals surface area contributed by atoms with Gasteiger partial charge in [0, 0.05) is 37.1 Å². The van der Waals surface area contributed by atoms with Gasteiger partial charge in [-0.2, -0.15) is 0 Å². The molecule has 2 aromatic heterocycles. The van der Waals surface area contributed by atoms with Crippen LogP contribution in [0, 0.1) is 18.3 Å². The fourth-order valence-electron chi connectivity index (χ4n) is 4.28. The minimum Gasteiger partial charge on any atom is -0.350 e. The Kier molecular flexibility index (Phi) is 4.64. The zero-order valence-corrected chi connectivity index (χ0v) is 15.5. The third kappa shape index (κ3) is 3.44. The SMILES string of the molecule is Cc1cncc(C(=O)N2CC(C(=O)NCc3ccccn3)C3(CCC3)C2)c1. The molecule has 2 amide bonds. The summed E-state index contributed by atoms with van der Waals surface area (Å²) < 4.78 is 0. The largest absolute Gasteiger partial charge is 0.350 e. The molecule has 1 saturated carbocycles. The van der Waals surface area contributed by atoms with Gasteiger partial charge in [0.1, 0.15) is 0 Å². The standard InChI is InChI=1S/C21H24N4O2/c1-15-9-16(11-22-10-15)20(27)25-13-18(21(14-25)6-4-7-21)19(26)24-12-17-5-2-3-8-23-17/h2-3,5,8-11,18H,4,6-7,12-14H2,1H3,(H,24,26). The van der Waals surface area contributed by atoms with E-state index in [0.717, 1.165) is 30.5 Å². The summed E-state index contributed by atoms with van der Waals surface area (Å²) in [6.45, 7) is 3.47. The van der Waals surface area contributed by atoms with Gasteiger partial charge < -0.3 is 10.2 Å². The number of likely N-dealkylation sites (tertiary alicyclic amines) is 1. The number of amides is 2. The van der Waals surface area contributed by atoms with Crippen LogP contribution in [-0.2, 0) is 11.3 Å². The van der Waals surface area contributed by atoms with Crippen LogP contribution in [0.5, 0.6) is 0 Å². The topological polar surface area (TPSA) is 75.2 Å². The van der Waals surface area contributed by atoms with E-state index in [-0.39, 0.29) is 23.1 Å². The molecule has 1 aliphatic heterocycles. The van der Waals surface area contributed by atoms with Crippen LogP contribution in [0.3, 0.4) is 0 Å². The van der Waals surface area contributed by atoms with E-state index in [1.807, 2.05) is 36.1 Å². The first-order valence-corrected chi connectivity index (χ1v) is 9.46. The minimum atomic E-state index is -0.156. The predicted octanol–water partition coefficient (Wildman–Crippen LogP) is 2.34. The van der Waals surface area contributed by atoms with Crippen molar-refractivity contribution in [1.29, 1.82) is 0 Å². The van der Waals surface area contributed by atoms with Gasteiger partial charge in [-0.15, -0.1) is 0 Å². The zero-order chi connectivity index (χ0) is 18.9. The number of pyridine rings is 2. The lowest BCUT2D eigenvalue weighted by Crippen LogP contribution is -2.45. The number of carbonyl (C=O) groups is 2. The molecule has 1 N–H and O–H groups in total. The Morgan fingerprint density at radius 3 is 2.81 bits per heavy atom. The lowest BCUT2D eigenvalue weighted by Gasteiger charge is -2.41. The highest BCUT2D eigenvalue weighted by Gasteiger charge is 2.54. The Bertz CT molecular complexity index is 848. The van der Waals surface area contributed by atoms with Crippen LogP contribution in [0.25, 0.3) is 0 Å². The Morgan fingerprint density at radius 1 is 1.30 bits per heavy atom. The van der Waals surface area contributed by atoms with Crippen LogP contribution >= 0.6 is 0 Å². The molecule has 2 aliphatic rings. The van der Waals surface area contributed by atoms with Crippen molar-refractivity contribution in [3.05, 3.63) is 59.7 Å². The van der Waals surface area contributed by atoms with Crippen molar-refractivity contribution in [3.63, 3.8) is 0 Å². The summed E-state index contributed by atoms with van der Waals surface area (Å²) in [5.41, 5.74) is 2.33. The Labute approximate surface area is 159 Å². The first-order chi connectivity index (χ1) is 13.1. The third-order valence-corrected chi connectivity index (χ3v) is 5.89. The fourth-order valence-corrected chi connectivity index (χ4v) is 4.28. The molecule has 1 aliphatic carbocycles. The van der Waals surface area contributed by atoms with E-state index in [9.17, 15) is 9.59 Å². The lowest BCUT2D eigenvalue weighted by molar-refractivity contribution is -0.129. The molecular formula is C21H24N4O2. The molecule has 2 aromatic rings. The predicted molar refractivity (Wildman–Crippen MR) is 101 cm³/mol. The molecule has 6 nitrogen and oxygen atoms in total. The maximum atomic E-state index is 12.9. The van der Waals surface area contributed by atoms with Gasteiger partial charge in [-0.3, -0.25) is 19.6 Å². The van der Waals surface area contributed by atoms with E-state index in [4.69, 9.17) is 0 Å². The van der Waals surface area contributed by atoms with E-state index >= 15 is 0 Å². The molecule has 1 unspecified atom stereocenters. The number of rotatable bonds is 4. The fraction of sp³-hybridized carbons (Fsp3) is 0.429. The van der Waals surface area contributed by atoms with Gasteiger partial charge in [0.25, 0.3) is 5.91 Å². The first kappa shape index (κ1) is 17.6. The second kappa shape index (κ2) is 7.10. The van der Waals surface area contributed by atoms with Crippen LogP contribution < -0.4 is 5.32 Å². The Morgan fingerprint density at radius 2 is 2.15 bits per heavy atom. The van der Waals surface area contributed by atoms with Gasteiger partial charge in [0.15, 0.2) is 0 Å². The van der Waals surface area contributed by atoms with E-state index < -0.39 is 0 Å². The molecule has 2 fully saturated rings. The number of aromatic nitrogens is 2. The summed E-state index contributed by atoms with van der Waals surface area (Å²) >= 11 is 0. The van der Waals surface area contributed by atoms with Crippen molar-refractivity contribution in [2.24, 2.45) is 11.3 Å². The summed E-state index contributed by atoms with van der Waals surface area (Å²) in [6, 6.07) is 7.52. The van der Waals surface area contributed by atoms with Gasteiger partial charge in [0.2, 0.25) is 5.91 Å². The van der Waals surface area contributed by atoms with Crippen molar-refractivity contribution >= 4 is 11.8 Å². The molecule has 1 saturated heterocycles. The second-order valence-electron chi connectivity index (χ2n) is 7.74. The van der Waals surface area contributed by atoms with Crippen molar-refractivity contribution in [3.8, 4) is 0 Å². The first-order valence-electron chi connectivity index (χ1n) is 9.46. The van der Waals surface area contributed by atoms with Crippen molar-refractivity contribution in [2.45, 2.75) is 32.7 Å². The quantitative estimate of drug-likeness (QED) is 0.904. The number of aryl methyl sites for hydroxylation is 1. The monoisotopic (exact) mass is 364 g/mol. The van der Waals surface area contributed by atoms with E-state index in [2.05, 4.69) is 15.3 Å². The van der Waals surface area contributed by atoms with E-state index in [0.29, 0.717) is 25.2 Å². The highest BCUT2D eigenvalue weighted by atomic mass is 16.2. The maximum absolute atomic E-state index is 12.9. The van der Waals surface area contributed by atoms with E-state index in [1.54, 1.807) is 18.6 Å². The molecule has 1 spiro atoms. The molecule has 3 heterocycles. The lowest BCUT2D eigenvalue weighted by atomic mass is 9.62. The molecule has 0 radical (unpaired) electrons. The molecular weight excluding hydrogens is 340 g/mol. The van der Waals surface area contributed by atoms with Crippen LogP contribution in [-0.4, -0.2) is 39.8 Å². The molecule has 140 valence electrons. The third-order valence-electron chi connectivity index (χ3n) is 5.89. The van der Waals surface area contributed by atoms with Gasteiger partial charge in [-0.25, -0.2) is 0 Å². The van der Waals surface area contributed by atoms with Crippen molar-refractivity contribution in [1.82, 2.24) is 20.2 Å². The van der Waals surface area contributed by atoms with Gasteiger partial charge >= 0.3 is 0 Å². The number of carbonyl (C=O) groups excluding carboxylic acids is 2. The Balaban J connectivity index is 1.46. The molecule has 0 aromatic carbocycles. The average Bonchev–Trinajstić information content (AvgIpc) is 3.08. The summed E-state index contributed by atoms with van der Waals surface area (Å²) in [4.78, 5) is 36.0. The van der Waals surface area contributed by atoms with Crippen LogP contribution in [0.1, 0.15) is 40.9 Å².